The number of carboxylic acid groups (broad SMARTS) is 1. The standard InChI is InChI=1S/C9H15N3O5/c1-11(2-3-13)9(17)12-5-7(14)10-4-6(12)8(15)16/h6,13H,2-5H2,1H3,(H,10,14)(H,15,16). The van der Waals surface area contributed by atoms with E-state index in [4.69, 9.17) is 10.2 Å². The maximum Gasteiger partial charge on any atom is 0.328 e. The van der Waals surface area contributed by atoms with Gasteiger partial charge in [0.25, 0.3) is 0 Å². The summed E-state index contributed by atoms with van der Waals surface area (Å²) in [6, 6.07) is -1.65. The quantitative estimate of drug-likeness (QED) is 0.528. The molecule has 8 nitrogen and oxygen atoms in total. The fourth-order valence-corrected chi connectivity index (χ4v) is 1.53. The van der Waals surface area contributed by atoms with Crippen LogP contribution in [-0.2, 0) is 9.59 Å². The minimum Gasteiger partial charge on any atom is -0.480 e. The molecule has 1 aliphatic heterocycles. The highest BCUT2D eigenvalue weighted by Crippen LogP contribution is 2.07. The lowest BCUT2D eigenvalue weighted by atomic mass is 10.2. The second kappa shape index (κ2) is 5.48. The van der Waals surface area contributed by atoms with Crippen molar-refractivity contribution in [2.45, 2.75) is 6.04 Å². The highest BCUT2D eigenvalue weighted by atomic mass is 16.4. The second-order valence-electron chi connectivity index (χ2n) is 3.71. The summed E-state index contributed by atoms with van der Waals surface area (Å²) >= 11 is 0. The summed E-state index contributed by atoms with van der Waals surface area (Å²) in [6.07, 6.45) is 0. The van der Waals surface area contributed by atoms with Gasteiger partial charge in [-0.2, -0.15) is 0 Å². The van der Waals surface area contributed by atoms with Gasteiger partial charge in [0.1, 0.15) is 12.6 Å². The summed E-state index contributed by atoms with van der Waals surface area (Å²) in [4.78, 5) is 36.1. The number of carbonyl (C=O) groups is 3. The number of urea groups is 1. The molecule has 1 rings (SSSR count). The number of hydrogen-bond donors (Lipinski definition) is 3. The molecule has 1 unspecified atom stereocenters. The third-order valence-electron chi connectivity index (χ3n) is 2.48. The van der Waals surface area contributed by atoms with E-state index < -0.39 is 23.9 Å². The molecule has 0 aliphatic carbocycles. The van der Waals surface area contributed by atoms with Gasteiger partial charge >= 0.3 is 12.0 Å². The predicted molar refractivity (Wildman–Crippen MR) is 56.3 cm³/mol. The largest absolute Gasteiger partial charge is 0.480 e. The molecule has 1 atom stereocenters. The van der Waals surface area contributed by atoms with E-state index in [2.05, 4.69) is 5.32 Å². The Morgan fingerprint density at radius 2 is 2.24 bits per heavy atom. The number of amides is 3. The zero-order valence-corrected chi connectivity index (χ0v) is 9.42. The number of carboxylic acids is 1. The molecule has 0 aromatic rings. The van der Waals surface area contributed by atoms with Crippen molar-refractivity contribution in [2.24, 2.45) is 0 Å². The molecule has 0 aromatic carbocycles. The van der Waals surface area contributed by atoms with Crippen molar-refractivity contribution in [3.8, 4) is 0 Å². The Bertz CT molecular complexity index is 333. The van der Waals surface area contributed by atoms with Gasteiger partial charge in [-0.1, -0.05) is 0 Å². The normalized spacial score (nSPS) is 19.8. The number of likely N-dealkylation sites (N-methyl/N-ethyl adjacent to an activating group) is 1. The number of piperazine rings is 1. The molecule has 0 saturated carbocycles. The fraction of sp³-hybridized carbons (Fsp3) is 0.667. The van der Waals surface area contributed by atoms with Crippen LogP contribution in [0.1, 0.15) is 0 Å². The zero-order valence-electron chi connectivity index (χ0n) is 9.42. The van der Waals surface area contributed by atoms with E-state index in [-0.39, 0.29) is 26.2 Å². The monoisotopic (exact) mass is 245 g/mol. The first-order chi connectivity index (χ1) is 7.97. The minimum atomic E-state index is -1.17. The number of aliphatic carboxylic acids is 1. The van der Waals surface area contributed by atoms with Crippen molar-refractivity contribution in [1.29, 1.82) is 0 Å². The third-order valence-corrected chi connectivity index (χ3v) is 2.48. The number of hydrogen-bond acceptors (Lipinski definition) is 4. The molecular weight excluding hydrogens is 230 g/mol. The van der Waals surface area contributed by atoms with E-state index in [1.54, 1.807) is 0 Å². The Balaban J connectivity index is 2.78. The molecule has 8 heteroatoms. The third kappa shape index (κ3) is 3.06. The summed E-state index contributed by atoms with van der Waals surface area (Å²) in [7, 11) is 1.43. The summed E-state index contributed by atoms with van der Waals surface area (Å²) in [6.45, 7) is -0.526. The average molecular weight is 245 g/mol. The van der Waals surface area contributed by atoms with Crippen LogP contribution >= 0.6 is 0 Å². The summed E-state index contributed by atoms with van der Waals surface area (Å²) in [5, 5.41) is 20.0. The first-order valence-electron chi connectivity index (χ1n) is 5.09. The molecule has 3 N–H and O–H groups in total. The predicted octanol–water partition coefficient (Wildman–Crippen LogP) is -2.08. The molecule has 1 saturated heterocycles. The van der Waals surface area contributed by atoms with Crippen LogP contribution in [0.5, 0.6) is 0 Å². The van der Waals surface area contributed by atoms with Crippen molar-refractivity contribution < 1.29 is 24.6 Å². The number of aliphatic hydroxyl groups is 1. The van der Waals surface area contributed by atoms with Crippen LogP contribution in [0.4, 0.5) is 4.79 Å². The second-order valence-corrected chi connectivity index (χ2v) is 3.71. The molecule has 17 heavy (non-hydrogen) atoms. The van der Waals surface area contributed by atoms with E-state index in [0.29, 0.717) is 0 Å². The lowest BCUT2D eigenvalue weighted by Gasteiger charge is -2.35. The Hall–Kier alpha value is -1.83. The maximum absolute atomic E-state index is 11.8. The number of nitrogens with one attached hydrogen (secondary N) is 1. The summed E-state index contributed by atoms with van der Waals surface area (Å²) in [5.41, 5.74) is 0. The molecule has 0 spiro atoms. The topological polar surface area (TPSA) is 110 Å². The molecule has 96 valence electrons. The first kappa shape index (κ1) is 13.2. The summed E-state index contributed by atoms with van der Waals surface area (Å²) < 4.78 is 0. The van der Waals surface area contributed by atoms with Crippen molar-refractivity contribution in [2.75, 3.05) is 33.3 Å². The Morgan fingerprint density at radius 3 is 2.76 bits per heavy atom. The zero-order chi connectivity index (χ0) is 13.0. The van der Waals surface area contributed by atoms with Crippen molar-refractivity contribution >= 4 is 17.9 Å². The first-order valence-corrected chi connectivity index (χ1v) is 5.09. The van der Waals surface area contributed by atoms with Gasteiger partial charge in [0.05, 0.1) is 6.61 Å². The molecule has 1 aliphatic rings. The van der Waals surface area contributed by atoms with Crippen LogP contribution in [0, 0.1) is 0 Å². The van der Waals surface area contributed by atoms with Gasteiger partial charge in [0.2, 0.25) is 5.91 Å². The molecule has 1 fully saturated rings. The van der Waals surface area contributed by atoms with Crippen LogP contribution in [-0.4, -0.2) is 77.3 Å². The van der Waals surface area contributed by atoms with Gasteiger partial charge in [-0.25, -0.2) is 9.59 Å². The number of carbonyl (C=O) groups excluding carboxylic acids is 2. The van der Waals surface area contributed by atoms with E-state index in [9.17, 15) is 14.4 Å². The Kier molecular flexibility index (Phi) is 4.27. The lowest BCUT2D eigenvalue weighted by molar-refractivity contribution is -0.144. The van der Waals surface area contributed by atoms with Crippen molar-refractivity contribution in [3.63, 3.8) is 0 Å². The molecule has 0 radical (unpaired) electrons. The Labute approximate surface area is 97.8 Å². The van der Waals surface area contributed by atoms with E-state index >= 15 is 0 Å². The molecule has 1 heterocycles. The SMILES string of the molecule is CN(CCO)C(=O)N1CC(=O)NCC1C(=O)O. The average Bonchev–Trinajstić information content (AvgIpc) is 2.27. The smallest absolute Gasteiger partial charge is 0.328 e. The lowest BCUT2D eigenvalue weighted by Crippen LogP contribution is -2.61. The summed E-state index contributed by atoms with van der Waals surface area (Å²) in [5.74, 6) is -1.57. The van der Waals surface area contributed by atoms with Crippen molar-refractivity contribution in [3.05, 3.63) is 0 Å². The Morgan fingerprint density at radius 1 is 1.59 bits per heavy atom. The highest BCUT2D eigenvalue weighted by molar-refractivity contribution is 5.90. The number of rotatable bonds is 3. The van der Waals surface area contributed by atoms with Crippen LogP contribution < -0.4 is 5.32 Å². The molecular formula is C9H15N3O5. The van der Waals surface area contributed by atoms with Gasteiger partial charge in [0, 0.05) is 20.1 Å². The fourth-order valence-electron chi connectivity index (χ4n) is 1.53. The molecule has 0 bridgehead atoms. The van der Waals surface area contributed by atoms with E-state index in [1.165, 1.54) is 11.9 Å². The maximum atomic E-state index is 11.8. The van der Waals surface area contributed by atoms with Gasteiger partial charge in [-0.15, -0.1) is 0 Å². The van der Waals surface area contributed by atoms with Gasteiger partial charge < -0.3 is 20.4 Å². The van der Waals surface area contributed by atoms with Crippen LogP contribution in [0.3, 0.4) is 0 Å². The van der Waals surface area contributed by atoms with E-state index in [0.717, 1.165) is 4.90 Å². The minimum absolute atomic E-state index is 0.0866. The van der Waals surface area contributed by atoms with Gasteiger partial charge in [-0.3, -0.25) is 9.69 Å². The molecule has 3 amide bonds. The van der Waals surface area contributed by atoms with Crippen molar-refractivity contribution in [1.82, 2.24) is 15.1 Å². The number of nitrogens with zero attached hydrogens (tertiary/aromatic N) is 2. The van der Waals surface area contributed by atoms with E-state index in [1.807, 2.05) is 0 Å². The van der Waals surface area contributed by atoms with Gasteiger partial charge in [-0.05, 0) is 0 Å². The van der Waals surface area contributed by atoms with Crippen LogP contribution in [0.25, 0.3) is 0 Å². The van der Waals surface area contributed by atoms with Crippen LogP contribution in [0.2, 0.25) is 0 Å². The number of aliphatic hydroxyl groups excluding tert-OH is 1. The van der Waals surface area contributed by atoms with Crippen LogP contribution in [0.15, 0.2) is 0 Å². The highest BCUT2D eigenvalue weighted by Gasteiger charge is 2.36. The molecule has 0 aromatic heterocycles. The van der Waals surface area contributed by atoms with Gasteiger partial charge in [0.15, 0.2) is 0 Å².